The van der Waals surface area contributed by atoms with Crippen LogP contribution >= 0.6 is 0 Å². The first kappa shape index (κ1) is 31.4. The Labute approximate surface area is 313 Å². The van der Waals surface area contributed by atoms with E-state index in [0.717, 1.165) is 55.7 Å². The van der Waals surface area contributed by atoms with E-state index in [0.29, 0.717) is 5.82 Å². The SMILES string of the molecule is c1ccc(-c2c3ccccc3c(-c3cccc(-c4cc(-c5cncc6ccccc56)nc(-c5ccccc5-c5ccccn5)n4)c3)c3ccccc23)cc1. The van der Waals surface area contributed by atoms with Gasteiger partial charge in [-0.05, 0) is 73.5 Å². The van der Waals surface area contributed by atoms with Crippen molar-refractivity contribution in [2.45, 2.75) is 0 Å². The Balaban J connectivity index is 1.21. The summed E-state index contributed by atoms with van der Waals surface area (Å²) >= 11 is 0. The Morgan fingerprint density at radius 3 is 1.63 bits per heavy atom. The standard InChI is InChI=1S/C50H32N4/c1-2-15-33(16-3-1)48-39-22-7-9-24-41(39)49(42-25-10-8-23-40(42)48)35-19-14-18-34(29-35)46-30-47(44-32-51-31-36-17-4-5-20-37(36)44)54-50(53-46)43-26-11-6-21-38(43)45-27-12-13-28-52-45/h1-32H. The molecule has 0 atom stereocenters. The van der Waals surface area contributed by atoms with Gasteiger partial charge in [-0.25, -0.2) is 9.97 Å². The second kappa shape index (κ2) is 13.4. The van der Waals surface area contributed by atoms with Crippen molar-refractivity contribution < 1.29 is 0 Å². The van der Waals surface area contributed by atoms with Crippen molar-refractivity contribution in [1.29, 1.82) is 0 Å². The number of nitrogens with zero attached hydrogens (tertiary/aromatic N) is 4. The maximum Gasteiger partial charge on any atom is 0.161 e. The van der Waals surface area contributed by atoms with Crippen LogP contribution in [-0.4, -0.2) is 19.9 Å². The zero-order valence-corrected chi connectivity index (χ0v) is 29.3. The molecule has 0 saturated heterocycles. The fraction of sp³-hybridized carbons (Fsp3) is 0. The molecule has 3 heterocycles. The van der Waals surface area contributed by atoms with E-state index in [-0.39, 0.29) is 0 Å². The Bertz CT molecular complexity index is 2930. The van der Waals surface area contributed by atoms with Crippen molar-refractivity contribution in [1.82, 2.24) is 19.9 Å². The second-order valence-electron chi connectivity index (χ2n) is 13.4. The maximum atomic E-state index is 5.32. The van der Waals surface area contributed by atoms with E-state index in [4.69, 9.17) is 15.0 Å². The number of rotatable bonds is 6. The fourth-order valence-corrected chi connectivity index (χ4v) is 7.79. The molecule has 10 rings (SSSR count). The predicted octanol–water partition coefficient (Wildman–Crippen LogP) is 12.7. The molecular weight excluding hydrogens is 657 g/mol. The Morgan fingerprint density at radius 1 is 0.333 bits per heavy atom. The van der Waals surface area contributed by atoms with Gasteiger partial charge in [0.2, 0.25) is 0 Å². The van der Waals surface area contributed by atoms with Crippen LogP contribution in [0.15, 0.2) is 195 Å². The molecule has 4 nitrogen and oxygen atoms in total. The number of benzene rings is 7. The monoisotopic (exact) mass is 688 g/mol. The van der Waals surface area contributed by atoms with Crippen molar-refractivity contribution in [3.8, 4) is 67.4 Å². The zero-order valence-electron chi connectivity index (χ0n) is 29.3. The van der Waals surface area contributed by atoms with Crippen LogP contribution in [0.1, 0.15) is 0 Å². The van der Waals surface area contributed by atoms with Gasteiger partial charge in [0.1, 0.15) is 0 Å². The molecule has 7 aromatic carbocycles. The van der Waals surface area contributed by atoms with E-state index < -0.39 is 0 Å². The molecule has 0 aliphatic carbocycles. The fourth-order valence-electron chi connectivity index (χ4n) is 7.79. The van der Waals surface area contributed by atoms with E-state index >= 15 is 0 Å². The molecule has 252 valence electrons. The molecule has 0 bridgehead atoms. The lowest BCUT2D eigenvalue weighted by atomic mass is 9.85. The first-order valence-electron chi connectivity index (χ1n) is 18.1. The highest BCUT2D eigenvalue weighted by molar-refractivity contribution is 6.21. The second-order valence-corrected chi connectivity index (χ2v) is 13.4. The summed E-state index contributed by atoms with van der Waals surface area (Å²) in [5, 5.41) is 7.02. The molecule has 0 aliphatic rings. The highest BCUT2D eigenvalue weighted by Crippen LogP contribution is 2.44. The van der Waals surface area contributed by atoms with Gasteiger partial charge in [-0.15, -0.1) is 0 Å². The minimum Gasteiger partial charge on any atom is -0.263 e. The molecule has 54 heavy (non-hydrogen) atoms. The van der Waals surface area contributed by atoms with E-state index in [1.54, 1.807) is 0 Å². The highest BCUT2D eigenvalue weighted by Gasteiger charge is 2.19. The van der Waals surface area contributed by atoms with Crippen molar-refractivity contribution in [2.24, 2.45) is 0 Å². The molecule has 0 saturated carbocycles. The minimum absolute atomic E-state index is 0.630. The van der Waals surface area contributed by atoms with E-state index in [1.807, 2.05) is 55.0 Å². The third-order valence-electron chi connectivity index (χ3n) is 10.2. The van der Waals surface area contributed by atoms with Crippen molar-refractivity contribution in [2.75, 3.05) is 0 Å². The molecule has 0 radical (unpaired) electrons. The predicted molar refractivity (Wildman–Crippen MR) is 223 cm³/mol. The molecule has 3 aromatic heterocycles. The molecule has 0 amide bonds. The summed E-state index contributed by atoms with van der Waals surface area (Å²) in [6.45, 7) is 0. The molecule has 0 unspecified atom stereocenters. The Hall–Kier alpha value is -7.30. The lowest BCUT2D eigenvalue weighted by Crippen LogP contribution is -1.98. The van der Waals surface area contributed by atoms with Crippen LogP contribution in [0.2, 0.25) is 0 Å². The van der Waals surface area contributed by atoms with Gasteiger partial charge in [0.25, 0.3) is 0 Å². The number of hydrogen-bond donors (Lipinski definition) is 0. The average Bonchev–Trinajstić information content (AvgIpc) is 3.25. The molecule has 4 heteroatoms. The Morgan fingerprint density at radius 2 is 0.907 bits per heavy atom. The Kier molecular flexibility index (Phi) is 7.77. The van der Waals surface area contributed by atoms with Crippen LogP contribution in [-0.2, 0) is 0 Å². The van der Waals surface area contributed by atoms with Crippen LogP contribution in [0, 0.1) is 0 Å². The summed E-state index contributed by atoms with van der Waals surface area (Å²) in [5.41, 5.74) is 11.1. The van der Waals surface area contributed by atoms with Gasteiger partial charge in [-0.1, -0.05) is 152 Å². The summed E-state index contributed by atoms with van der Waals surface area (Å²) in [6.07, 6.45) is 5.63. The molecule has 0 spiro atoms. The van der Waals surface area contributed by atoms with E-state index in [9.17, 15) is 0 Å². The van der Waals surface area contributed by atoms with Crippen LogP contribution < -0.4 is 0 Å². The lowest BCUT2D eigenvalue weighted by molar-refractivity contribution is 1.18. The van der Waals surface area contributed by atoms with Gasteiger partial charge < -0.3 is 0 Å². The van der Waals surface area contributed by atoms with Crippen molar-refractivity contribution in [3.63, 3.8) is 0 Å². The van der Waals surface area contributed by atoms with Gasteiger partial charge in [-0.3, -0.25) is 9.97 Å². The number of pyridine rings is 2. The van der Waals surface area contributed by atoms with Gasteiger partial charge in [0.05, 0.1) is 17.1 Å². The van der Waals surface area contributed by atoms with Crippen LogP contribution in [0.4, 0.5) is 0 Å². The molecule has 0 fully saturated rings. The summed E-state index contributed by atoms with van der Waals surface area (Å²) in [6, 6.07) is 61.7. The summed E-state index contributed by atoms with van der Waals surface area (Å²) < 4.78 is 0. The van der Waals surface area contributed by atoms with Crippen molar-refractivity contribution in [3.05, 3.63) is 195 Å². The molecular formula is C50H32N4. The summed E-state index contributed by atoms with van der Waals surface area (Å²) in [4.78, 5) is 19.9. The molecule has 0 N–H and O–H groups in total. The summed E-state index contributed by atoms with van der Waals surface area (Å²) in [5.74, 6) is 0.630. The van der Waals surface area contributed by atoms with Gasteiger partial charge >= 0.3 is 0 Å². The number of hydrogen-bond acceptors (Lipinski definition) is 4. The van der Waals surface area contributed by atoms with Crippen LogP contribution in [0.25, 0.3) is 99.7 Å². The maximum absolute atomic E-state index is 5.32. The third-order valence-corrected chi connectivity index (χ3v) is 10.2. The average molecular weight is 689 g/mol. The van der Waals surface area contributed by atoms with Crippen LogP contribution in [0.3, 0.4) is 0 Å². The minimum atomic E-state index is 0.630. The van der Waals surface area contributed by atoms with E-state index in [2.05, 4.69) is 145 Å². The zero-order chi connectivity index (χ0) is 35.8. The topological polar surface area (TPSA) is 51.6 Å². The largest absolute Gasteiger partial charge is 0.263 e. The third kappa shape index (κ3) is 5.49. The van der Waals surface area contributed by atoms with E-state index in [1.165, 1.54) is 38.2 Å². The highest BCUT2D eigenvalue weighted by atomic mass is 14.9. The number of aromatic nitrogens is 4. The van der Waals surface area contributed by atoms with Crippen LogP contribution in [0.5, 0.6) is 0 Å². The van der Waals surface area contributed by atoms with Gasteiger partial charge in [0, 0.05) is 46.2 Å². The first-order valence-corrected chi connectivity index (χ1v) is 18.1. The lowest BCUT2D eigenvalue weighted by Gasteiger charge is -2.18. The van der Waals surface area contributed by atoms with Gasteiger partial charge in [0.15, 0.2) is 5.82 Å². The molecule has 10 aromatic rings. The quantitative estimate of drug-likeness (QED) is 0.163. The van der Waals surface area contributed by atoms with Gasteiger partial charge in [-0.2, -0.15) is 0 Å². The smallest absolute Gasteiger partial charge is 0.161 e. The normalized spacial score (nSPS) is 11.3. The first-order chi connectivity index (χ1) is 26.8. The summed E-state index contributed by atoms with van der Waals surface area (Å²) in [7, 11) is 0. The molecule has 0 aliphatic heterocycles. The number of fused-ring (bicyclic) bond motifs is 3. The van der Waals surface area contributed by atoms with Crippen molar-refractivity contribution >= 4 is 32.3 Å².